The molecule has 0 radical (unpaired) electrons. The third-order valence-electron chi connectivity index (χ3n) is 3.65. The predicted molar refractivity (Wildman–Crippen MR) is 96.4 cm³/mol. The molecule has 0 unspecified atom stereocenters. The molecule has 0 saturated heterocycles. The van der Waals surface area contributed by atoms with Crippen molar-refractivity contribution in [1.29, 1.82) is 0 Å². The molecule has 0 aliphatic carbocycles. The quantitative estimate of drug-likeness (QED) is 0.482. The minimum absolute atomic E-state index is 0.629. The average molecular weight is 360 g/mol. The molecule has 2 aromatic carbocycles. The summed E-state index contributed by atoms with van der Waals surface area (Å²) in [4.78, 5) is 9.96. The Balaban J connectivity index is 1.89. The Hall–Kier alpha value is -1.88. The van der Waals surface area contributed by atoms with Gasteiger partial charge in [-0.3, -0.25) is 4.98 Å². The minimum atomic E-state index is 0.629. The number of para-hydroxylation sites is 2. The van der Waals surface area contributed by atoms with E-state index in [1.165, 1.54) is 0 Å². The molecule has 0 amide bonds. The molecule has 0 saturated carbocycles. The van der Waals surface area contributed by atoms with Crippen LogP contribution in [-0.2, 0) is 6.54 Å². The number of thiazole rings is 1. The molecule has 0 spiro atoms. The smallest absolute Gasteiger partial charge is 0.153 e. The molecule has 4 rings (SSSR count). The van der Waals surface area contributed by atoms with Crippen LogP contribution in [0, 0.1) is 0 Å². The van der Waals surface area contributed by atoms with Crippen LogP contribution in [0.2, 0.25) is 10.0 Å². The number of aromatic nitrogens is 3. The highest BCUT2D eigenvalue weighted by Gasteiger charge is 2.15. The Labute approximate surface area is 147 Å². The predicted octanol–water partition coefficient (Wildman–Crippen LogP) is 5.51. The van der Waals surface area contributed by atoms with Crippen LogP contribution >= 0.6 is 34.5 Å². The van der Waals surface area contributed by atoms with Crippen LogP contribution in [0.25, 0.3) is 21.7 Å². The lowest BCUT2D eigenvalue weighted by Crippen LogP contribution is -2.02. The Bertz CT molecular complexity index is 977. The van der Waals surface area contributed by atoms with Crippen molar-refractivity contribution in [2.75, 3.05) is 0 Å². The number of benzene rings is 2. The van der Waals surface area contributed by atoms with Gasteiger partial charge in [0.05, 0.1) is 28.0 Å². The van der Waals surface area contributed by atoms with E-state index in [4.69, 9.17) is 28.2 Å². The van der Waals surface area contributed by atoms with E-state index in [1.54, 1.807) is 17.4 Å². The molecule has 0 fully saturated rings. The van der Waals surface area contributed by atoms with Crippen molar-refractivity contribution in [3.63, 3.8) is 0 Å². The molecule has 23 heavy (non-hydrogen) atoms. The fourth-order valence-electron chi connectivity index (χ4n) is 2.57. The topological polar surface area (TPSA) is 30.7 Å². The summed E-state index contributed by atoms with van der Waals surface area (Å²) in [6.45, 7) is 0.629. The monoisotopic (exact) mass is 359 g/mol. The lowest BCUT2D eigenvalue weighted by Gasteiger charge is -2.10. The van der Waals surface area contributed by atoms with Gasteiger partial charge in [-0.25, -0.2) is 4.98 Å². The Kier molecular flexibility index (Phi) is 3.81. The molecule has 2 aromatic heterocycles. The van der Waals surface area contributed by atoms with Gasteiger partial charge in [-0.05, 0) is 29.8 Å². The van der Waals surface area contributed by atoms with Crippen molar-refractivity contribution in [3.05, 3.63) is 69.8 Å². The maximum Gasteiger partial charge on any atom is 0.153 e. The maximum absolute atomic E-state index is 6.35. The summed E-state index contributed by atoms with van der Waals surface area (Å²) in [5.41, 5.74) is 4.85. The fraction of sp³-hybridized carbons (Fsp3) is 0.0588. The first-order valence-electron chi connectivity index (χ1n) is 7.00. The van der Waals surface area contributed by atoms with E-state index in [-0.39, 0.29) is 0 Å². The highest BCUT2D eigenvalue weighted by molar-refractivity contribution is 7.13. The third-order valence-corrected chi connectivity index (χ3v) is 5.01. The normalized spacial score (nSPS) is 11.2. The number of halogens is 2. The first-order valence-corrected chi connectivity index (χ1v) is 8.64. The van der Waals surface area contributed by atoms with Crippen molar-refractivity contribution < 1.29 is 0 Å². The van der Waals surface area contributed by atoms with Crippen molar-refractivity contribution >= 4 is 45.6 Å². The molecule has 4 aromatic rings. The summed E-state index contributed by atoms with van der Waals surface area (Å²) in [6, 6.07) is 13.7. The summed E-state index contributed by atoms with van der Waals surface area (Å²) in [5.74, 6) is 0.903. The Morgan fingerprint density at radius 2 is 1.96 bits per heavy atom. The molecule has 114 valence electrons. The van der Waals surface area contributed by atoms with E-state index in [9.17, 15) is 0 Å². The number of imidazole rings is 1. The van der Waals surface area contributed by atoms with Gasteiger partial charge in [-0.2, -0.15) is 0 Å². The molecule has 0 aliphatic rings. The van der Waals surface area contributed by atoms with E-state index in [2.05, 4.69) is 15.6 Å². The number of hydrogen-bond donors (Lipinski definition) is 0. The molecule has 0 N–H and O–H groups in total. The Morgan fingerprint density at radius 1 is 1.09 bits per heavy atom. The van der Waals surface area contributed by atoms with Crippen LogP contribution in [0.4, 0.5) is 0 Å². The third kappa shape index (κ3) is 2.74. The number of fused-ring (bicyclic) bond motifs is 1. The first kappa shape index (κ1) is 14.7. The first-order chi connectivity index (χ1) is 11.2. The summed E-state index contributed by atoms with van der Waals surface area (Å²) in [7, 11) is 0. The zero-order valence-corrected chi connectivity index (χ0v) is 14.2. The van der Waals surface area contributed by atoms with Crippen LogP contribution in [0.3, 0.4) is 0 Å². The van der Waals surface area contributed by atoms with Gasteiger partial charge in [-0.1, -0.05) is 41.4 Å². The highest BCUT2D eigenvalue weighted by Crippen LogP contribution is 2.30. The second-order valence-electron chi connectivity index (χ2n) is 5.11. The van der Waals surface area contributed by atoms with Gasteiger partial charge in [0, 0.05) is 16.2 Å². The van der Waals surface area contributed by atoms with Gasteiger partial charge in [0.2, 0.25) is 0 Å². The van der Waals surface area contributed by atoms with Gasteiger partial charge in [0.15, 0.2) is 5.82 Å². The second kappa shape index (κ2) is 5.96. The van der Waals surface area contributed by atoms with Crippen molar-refractivity contribution in [3.8, 4) is 10.7 Å². The van der Waals surface area contributed by atoms with Crippen LogP contribution in [0.15, 0.2) is 54.2 Å². The fourth-order valence-corrected chi connectivity index (χ4v) is 3.66. The van der Waals surface area contributed by atoms with E-state index in [1.807, 2.05) is 42.0 Å². The number of hydrogen-bond acceptors (Lipinski definition) is 3. The molecule has 0 aliphatic heterocycles. The molecular formula is C17H11Cl2N3S. The molecular weight excluding hydrogens is 349 g/mol. The van der Waals surface area contributed by atoms with Crippen molar-refractivity contribution in [1.82, 2.24) is 14.5 Å². The molecule has 6 heteroatoms. The van der Waals surface area contributed by atoms with Gasteiger partial charge in [-0.15, -0.1) is 11.3 Å². The summed E-state index contributed by atoms with van der Waals surface area (Å²) in [6.07, 6.45) is 1.84. The average Bonchev–Trinajstić information content (AvgIpc) is 3.18. The molecule has 3 nitrogen and oxygen atoms in total. The molecule has 0 atom stereocenters. The highest BCUT2D eigenvalue weighted by atomic mass is 35.5. The van der Waals surface area contributed by atoms with Gasteiger partial charge in [0.1, 0.15) is 0 Å². The van der Waals surface area contributed by atoms with E-state index >= 15 is 0 Å². The lowest BCUT2D eigenvalue weighted by atomic mass is 10.2. The second-order valence-corrected chi connectivity index (χ2v) is 6.84. The summed E-state index contributed by atoms with van der Waals surface area (Å²) in [5, 5.41) is 1.29. The zero-order valence-electron chi connectivity index (χ0n) is 11.9. The van der Waals surface area contributed by atoms with Crippen LogP contribution < -0.4 is 0 Å². The SMILES string of the molecule is Clc1ccc(Cn2c(-c3cncs3)nc3ccccc32)c(Cl)c1. The minimum Gasteiger partial charge on any atom is -0.319 e. The van der Waals surface area contributed by atoms with Gasteiger partial charge < -0.3 is 4.57 Å². The maximum atomic E-state index is 6.35. The molecule has 0 bridgehead atoms. The lowest BCUT2D eigenvalue weighted by molar-refractivity contribution is 0.836. The summed E-state index contributed by atoms with van der Waals surface area (Å²) < 4.78 is 2.16. The van der Waals surface area contributed by atoms with Gasteiger partial charge >= 0.3 is 0 Å². The van der Waals surface area contributed by atoms with E-state index in [0.717, 1.165) is 27.3 Å². The summed E-state index contributed by atoms with van der Waals surface area (Å²) >= 11 is 13.9. The standard InChI is InChI=1S/C17H11Cl2N3S/c18-12-6-5-11(13(19)7-12)9-22-15-4-2-1-3-14(15)21-17(22)16-8-20-10-23-16/h1-8,10H,9H2. The van der Waals surface area contributed by atoms with Crippen LogP contribution in [0.5, 0.6) is 0 Å². The molecule has 2 heterocycles. The largest absolute Gasteiger partial charge is 0.319 e. The zero-order chi connectivity index (χ0) is 15.8. The number of rotatable bonds is 3. The van der Waals surface area contributed by atoms with Crippen molar-refractivity contribution in [2.24, 2.45) is 0 Å². The van der Waals surface area contributed by atoms with Crippen LogP contribution in [0.1, 0.15) is 5.56 Å². The van der Waals surface area contributed by atoms with Crippen LogP contribution in [-0.4, -0.2) is 14.5 Å². The van der Waals surface area contributed by atoms with Crippen molar-refractivity contribution in [2.45, 2.75) is 6.54 Å². The number of nitrogens with zero attached hydrogens (tertiary/aromatic N) is 3. The van der Waals surface area contributed by atoms with E-state index < -0.39 is 0 Å². The van der Waals surface area contributed by atoms with Gasteiger partial charge in [0.25, 0.3) is 0 Å². The Morgan fingerprint density at radius 3 is 2.74 bits per heavy atom. The van der Waals surface area contributed by atoms with E-state index in [0.29, 0.717) is 16.6 Å².